The first-order valence-corrected chi connectivity index (χ1v) is 7.02. The molecule has 0 bridgehead atoms. The van der Waals surface area contributed by atoms with Crippen LogP contribution in [0.25, 0.3) is 0 Å². The molecule has 0 spiro atoms. The van der Waals surface area contributed by atoms with Crippen molar-refractivity contribution >= 4 is 0 Å². The van der Waals surface area contributed by atoms with Gasteiger partial charge in [-0.3, -0.25) is 0 Å². The molecule has 0 aliphatic rings. The van der Waals surface area contributed by atoms with E-state index in [0.717, 1.165) is 38.2 Å². The molecule has 2 N–H and O–H groups in total. The highest BCUT2D eigenvalue weighted by molar-refractivity contribution is 5.43. The Labute approximate surface area is 117 Å². The molecular weight excluding hydrogens is 238 g/mol. The summed E-state index contributed by atoms with van der Waals surface area (Å²) in [6.07, 6.45) is 2.97. The highest BCUT2D eigenvalue weighted by Crippen LogP contribution is 2.25. The second kappa shape index (κ2) is 8.18. The number of aryl methyl sites for hydroxylation is 2. The van der Waals surface area contributed by atoms with Gasteiger partial charge >= 0.3 is 0 Å². The third kappa shape index (κ3) is 5.62. The van der Waals surface area contributed by atoms with Crippen LogP contribution in [-0.4, -0.2) is 26.4 Å². The number of ether oxygens (including phenoxy) is 2. The van der Waals surface area contributed by atoms with Crippen molar-refractivity contribution in [3.8, 4) is 5.75 Å². The van der Waals surface area contributed by atoms with Crippen LogP contribution in [0.1, 0.15) is 36.5 Å². The lowest BCUT2D eigenvalue weighted by Crippen LogP contribution is -2.18. The molecule has 0 saturated carbocycles. The summed E-state index contributed by atoms with van der Waals surface area (Å²) in [5.74, 6) is 1.02. The van der Waals surface area contributed by atoms with Gasteiger partial charge in [-0.25, -0.2) is 0 Å². The van der Waals surface area contributed by atoms with Crippen molar-refractivity contribution in [1.82, 2.24) is 0 Å². The van der Waals surface area contributed by atoms with Crippen LogP contribution in [0.2, 0.25) is 0 Å². The van der Waals surface area contributed by atoms with Crippen molar-refractivity contribution in [2.45, 2.75) is 46.1 Å². The van der Waals surface area contributed by atoms with Gasteiger partial charge in [0.25, 0.3) is 0 Å². The van der Waals surface area contributed by atoms with Crippen LogP contribution >= 0.6 is 0 Å². The number of hydrogen-bond donors (Lipinski definition) is 1. The molecule has 0 aromatic heterocycles. The van der Waals surface area contributed by atoms with Gasteiger partial charge in [-0.1, -0.05) is 12.1 Å². The highest BCUT2D eigenvalue weighted by atomic mass is 16.5. The predicted molar refractivity (Wildman–Crippen MR) is 79.9 cm³/mol. The number of unbranched alkanes of at least 4 members (excludes halogenated alkanes) is 1. The Morgan fingerprint density at radius 3 is 2.21 bits per heavy atom. The van der Waals surface area contributed by atoms with Crippen LogP contribution < -0.4 is 10.5 Å². The first-order valence-electron chi connectivity index (χ1n) is 7.02. The van der Waals surface area contributed by atoms with Crippen molar-refractivity contribution in [1.29, 1.82) is 0 Å². The first kappa shape index (κ1) is 16.0. The lowest BCUT2D eigenvalue weighted by atomic mass is 10.0. The Morgan fingerprint density at radius 1 is 1.11 bits per heavy atom. The summed E-state index contributed by atoms with van der Waals surface area (Å²) >= 11 is 0. The zero-order valence-corrected chi connectivity index (χ0v) is 12.7. The highest BCUT2D eigenvalue weighted by Gasteiger charge is 2.07. The smallest absolute Gasteiger partial charge is 0.125 e. The van der Waals surface area contributed by atoms with Crippen molar-refractivity contribution in [3.05, 3.63) is 28.8 Å². The molecule has 0 radical (unpaired) electrons. The minimum Gasteiger partial charge on any atom is -0.493 e. The number of rotatable bonds is 8. The molecular formula is C16H27NO2. The summed E-state index contributed by atoms with van der Waals surface area (Å²) in [7, 11) is 1.73. The maximum atomic E-state index is 5.89. The summed E-state index contributed by atoms with van der Waals surface area (Å²) in [5.41, 5.74) is 9.53. The third-order valence-corrected chi connectivity index (χ3v) is 3.07. The summed E-state index contributed by atoms with van der Waals surface area (Å²) in [4.78, 5) is 0. The minimum atomic E-state index is 0.194. The molecule has 0 amide bonds. The Bertz CT molecular complexity index is 365. The van der Waals surface area contributed by atoms with Gasteiger partial charge in [-0.05, 0) is 56.7 Å². The van der Waals surface area contributed by atoms with E-state index in [1.54, 1.807) is 7.11 Å². The van der Waals surface area contributed by atoms with Crippen molar-refractivity contribution < 1.29 is 9.47 Å². The van der Waals surface area contributed by atoms with Crippen molar-refractivity contribution in [3.63, 3.8) is 0 Å². The maximum absolute atomic E-state index is 5.89. The quantitative estimate of drug-likeness (QED) is 0.735. The van der Waals surface area contributed by atoms with Gasteiger partial charge in [0, 0.05) is 19.8 Å². The average molecular weight is 265 g/mol. The van der Waals surface area contributed by atoms with E-state index >= 15 is 0 Å². The van der Waals surface area contributed by atoms with Crippen molar-refractivity contribution in [2.75, 3.05) is 20.3 Å². The van der Waals surface area contributed by atoms with Crippen LogP contribution in [-0.2, 0) is 11.2 Å². The molecule has 1 aromatic carbocycles. The fourth-order valence-electron chi connectivity index (χ4n) is 2.28. The second-order valence-corrected chi connectivity index (χ2v) is 5.29. The third-order valence-electron chi connectivity index (χ3n) is 3.07. The molecule has 0 aliphatic heterocycles. The van der Waals surface area contributed by atoms with Gasteiger partial charge in [0.05, 0.1) is 6.61 Å². The number of nitrogens with two attached hydrogens (primary N) is 1. The van der Waals surface area contributed by atoms with Crippen molar-refractivity contribution in [2.24, 2.45) is 5.73 Å². The Kier molecular flexibility index (Phi) is 6.89. The zero-order chi connectivity index (χ0) is 14.3. The molecule has 0 fully saturated rings. The molecule has 3 heteroatoms. The maximum Gasteiger partial charge on any atom is 0.125 e. The number of methoxy groups -OCH3 is 1. The van der Waals surface area contributed by atoms with Crippen LogP contribution in [0.3, 0.4) is 0 Å². The van der Waals surface area contributed by atoms with E-state index in [0.29, 0.717) is 0 Å². The van der Waals surface area contributed by atoms with Gasteiger partial charge < -0.3 is 15.2 Å². The van der Waals surface area contributed by atoms with Gasteiger partial charge in [0.1, 0.15) is 5.75 Å². The Hall–Kier alpha value is -1.06. The van der Waals surface area contributed by atoms with E-state index in [4.69, 9.17) is 15.2 Å². The summed E-state index contributed by atoms with van der Waals surface area (Å²) in [6.45, 7) is 7.78. The Balaban J connectivity index is 2.59. The monoisotopic (exact) mass is 265 g/mol. The number of hydrogen-bond acceptors (Lipinski definition) is 3. The van der Waals surface area contributed by atoms with Gasteiger partial charge in [0.2, 0.25) is 0 Å². The van der Waals surface area contributed by atoms with E-state index in [-0.39, 0.29) is 6.04 Å². The SMILES string of the molecule is COCCCCOc1c(C)cc(CC(C)N)cc1C. The molecule has 1 unspecified atom stereocenters. The first-order chi connectivity index (χ1) is 9.04. The number of benzene rings is 1. The summed E-state index contributed by atoms with van der Waals surface area (Å²) in [6, 6.07) is 4.56. The van der Waals surface area contributed by atoms with E-state index in [1.807, 2.05) is 6.92 Å². The fraction of sp³-hybridized carbons (Fsp3) is 0.625. The molecule has 1 atom stereocenters. The minimum absolute atomic E-state index is 0.194. The zero-order valence-electron chi connectivity index (χ0n) is 12.7. The molecule has 108 valence electrons. The van der Waals surface area contributed by atoms with Crippen LogP contribution in [0.5, 0.6) is 5.75 Å². The van der Waals surface area contributed by atoms with E-state index in [9.17, 15) is 0 Å². The van der Waals surface area contributed by atoms with E-state index in [1.165, 1.54) is 16.7 Å². The van der Waals surface area contributed by atoms with E-state index < -0.39 is 0 Å². The molecule has 0 heterocycles. The predicted octanol–water partition coefficient (Wildman–Crippen LogP) is 3.00. The largest absolute Gasteiger partial charge is 0.493 e. The normalized spacial score (nSPS) is 12.5. The fourth-order valence-corrected chi connectivity index (χ4v) is 2.28. The molecule has 1 rings (SSSR count). The lowest BCUT2D eigenvalue weighted by Gasteiger charge is -2.15. The summed E-state index contributed by atoms with van der Waals surface area (Å²) in [5, 5.41) is 0. The average Bonchev–Trinajstić information content (AvgIpc) is 2.31. The van der Waals surface area contributed by atoms with Gasteiger partial charge in [0.15, 0.2) is 0 Å². The van der Waals surface area contributed by atoms with Gasteiger partial charge in [-0.2, -0.15) is 0 Å². The molecule has 3 nitrogen and oxygen atoms in total. The van der Waals surface area contributed by atoms with E-state index in [2.05, 4.69) is 26.0 Å². The second-order valence-electron chi connectivity index (χ2n) is 5.29. The molecule has 0 saturated heterocycles. The van der Waals surface area contributed by atoms with Crippen LogP contribution in [0.15, 0.2) is 12.1 Å². The molecule has 1 aromatic rings. The van der Waals surface area contributed by atoms with Crippen LogP contribution in [0.4, 0.5) is 0 Å². The molecule has 0 aliphatic carbocycles. The van der Waals surface area contributed by atoms with Crippen LogP contribution in [0, 0.1) is 13.8 Å². The van der Waals surface area contributed by atoms with Gasteiger partial charge in [-0.15, -0.1) is 0 Å². The summed E-state index contributed by atoms with van der Waals surface area (Å²) < 4.78 is 10.9. The topological polar surface area (TPSA) is 44.5 Å². The molecule has 19 heavy (non-hydrogen) atoms. The lowest BCUT2D eigenvalue weighted by molar-refractivity contribution is 0.184. The Morgan fingerprint density at radius 2 is 1.68 bits per heavy atom. The standard InChI is InChI=1S/C16H27NO2/c1-12-9-15(11-14(3)17)10-13(2)16(12)19-8-6-5-7-18-4/h9-10,14H,5-8,11,17H2,1-4H3.